The maximum absolute atomic E-state index is 13.2. The number of nitrogens with zero attached hydrogens (tertiary/aromatic N) is 6. The van der Waals surface area contributed by atoms with Crippen molar-refractivity contribution in [3.63, 3.8) is 0 Å². The first-order valence-electron chi connectivity index (χ1n) is 10.0. The summed E-state index contributed by atoms with van der Waals surface area (Å²) in [6.45, 7) is 2.95. The molecule has 0 saturated carbocycles. The number of oxazole rings is 1. The van der Waals surface area contributed by atoms with Crippen molar-refractivity contribution in [2.75, 3.05) is 6.54 Å². The zero-order valence-electron chi connectivity index (χ0n) is 17.0. The first kappa shape index (κ1) is 18.5. The second kappa shape index (κ2) is 7.37. The van der Waals surface area contributed by atoms with Crippen LogP contribution in [0.5, 0.6) is 0 Å². The van der Waals surface area contributed by atoms with E-state index in [2.05, 4.69) is 19.9 Å². The van der Waals surface area contributed by atoms with Crippen molar-refractivity contribution in [1.82, 2.24) is 29.4 Å². The third-order valence-electron chi connectivity index (χ3n) is 5.62. The highest BCUT2D eigenvalue weighted by atomic mass is 16.4. The number of amides is 1. The fourth-order valence-electron chi connectivity index (χ4n) is 3.86. The van der Waals surface area contributed by atoms with Gasteiger partial charge in [-0.1, -0.05) is 6.07 Å². The Morgan fingerprint density at radius 3 is 2.93 bits per heavy atom. The van der Waals surface area contributed by atoms with E-state index < -0.39 is 0 Å². The molecule has 4 aromatic heterocycles. The summed E-state index contributed by atoms with van der Waals surface area (Å²) >= 11 is 0. The Hall–Kier alpha value is -3.55. The highest BCUT2D eigenvalue weighted by Crippen LogP contribution is 2.24. The Labute approximate surface area is 173 Å². The Bertz CT molecular complexity index is 1230. The van der Waals surface area contributed by atoms with Crippen molar-refractivity contribution in [3.05, 3.63) is 71.1 Å². The van der Waals surface area contributed by atoms with Gasteiger partial charge in [0.15, 0.2) is 11.5 Å². The Morgan fingerprint density at radius 1 is 1.20 bits per heavy atom. The van der Waals surface area contributed by atoms with Crippen LogP contribution in [-0.2, 0) is 32.9 Å². The van der Waals surface area contributed by atoms with Crippen LogP contribution in [-0.4, -0.2) is 41.9 Å². The Kier molecular flexibility index (Phi) is 4.54. The van der Waals surface area contributed by atoms with Crippen molar-refractivity contribution in [2.45, 2.75) is 32.7 Å². The number of pyridine rings is 2. The highest BCUT2D eigenvalue weighted by Gasteiger charge is 2.28. The molecule has 0 aromatic carbocycles. The van der Waals surface area contributed by atoms with Gasteiger partial charge in [-0.05, 0) is 31.0 Å². The van der Waals surface area contributed by atoms with Gasteiger partial charge in [0, 0.05) is 45.0 Å². The lowest BCUT2D eigenvalue weighted by Gasteiger charge is -2.25. The first-order chi connectivity index (χ1) is 14.6. The molecule has 0 aliphatic carbocycles. The molecule has 1 aliphatic rings. The first-order valence-corrected chi connectivity index (χ1v) is 10.0. The van der Waals surface area contributed by atoms with Crippen molar-refractivity contribution in [1.29, 1.82) is 0 Å². The quantitative estimate of drug-likeness (QED) is 0.521. The predicted octanol–water partition coefficient (Wildman–Crippen LogP) is 2.64. The fraction of sp³-hybridized carbons (Fsp3) is 0.318. The highest BCUT2D eigenvalue weighted by molar-refractivity contribution is 6.04. The zero-order chi connectivity index (χ0) is 20.7. The number of rotatable bonds is 4. The number of aromatic nitrogens is 5. The summed E-state index contributed by atoms with van der Waals surface area (Å²) in [6.07, 6.45) is 7.49. The summed E-state index contributed by atoms with van der Waals surface area (Å²) < 4.78 is 7.85. The average Bonchev–Trinajstić information content (AvgIpc) is 3.32. The maximum Gasteiger partial charge on any atom is 0.256 e. The molecule has 1 aliphatic heterocycles. The summed E-state index contributed by atoms with van der Waals surface area (Å²) in [7, 11) is 1.90. The summed E-state index contributed by atoms with van der Waals surface area (Å²) in [5.74, 6) is 2.37. The van der Waals surface area contributed by atoms with Crippen LogP contribution in [0.1, 0.15) is 39.1 Å². The molecule has 0 N–H and O–H groups in total. The van der Waals surface area contributed by atoms with Gasteiger partial charge in [0.05, 0.1) is 12.1 Å². The maximum atomic E-state index is 13.2. The molecule has 0 radical (unpaired) electrons. The van der Waals surface area contributed by atoms with E-state index in [-0.39, 0.29) is 5.91 Å². The molecular formula is C22H22N6O2. The SMILES string of the molecule is Cc1nc2c(C(=O)N3CCc4oc(CCc5cccnc5)nc4C3)ccnc2n1C. The lowest BCUT2D eigenvalue weighted by molar-refractivity contribution is 0.0729. The lowest BCUT2D eigenvalue weighted by Crippen LogP contribution is -2.36. The van der Waals surface area contributed by atoms with E-state index in [1.165, 1.54) is 0 Å². The number of imidazole rings is 1. The number of hydrogen-bond donors (Lipinski definition) is 0. The van der Waals surface area contributed by atoms with E-state index in [4.69, 9.17) is 4.42 Å². The van der Waals surface area contributed by atoms with E-state index in [0.29, 0.717) is 42.9 Å². The van der Waals surface area contributed by atoms with Crippen LogP contribution in [0.3, 0.4) is 0 Å². The Morgan fingerprint density at radius 2 is 2.10 bits per heavy atom. The van der Waals surface area contributed by atoms with Gasteiger partial charge in [-0.2, -0.15) is 0 Å². The van der Waals surface area contributed by atoms with Crippen molar-refractivity contribution in [2.24, 2.45) is 7.05 Å². The van der Waals surface area contributed by atoms with Crippen LogP contribution in [0.4, 0.5) is 0 Å². The molecule has 0 spiro atoms. The van der Waals surface area contributed by atoms with E-state index in [0.717, 1.165) is 34.9 Å². The van der Waals surface area contributed by atoms with Gasteiger partial charge in [0.2, 0.25) is 0 Å². The second-order valence-corrected chi connectivity index (χ2v) is 7.56. The number of hydrogen-bond acceptors (Lipinski definition) is 6. The minimum absolute atomic E-state index is 0.0499. The minimum atomic E-state index is -0.0499. The van der Waals surface area contributed by atoms with Crippen LogP contribution in [0, 0.1) is 6.92 Å². The topological polar surface area (TPSA) is 89.9 Å². The molecule has 0 unspecified atom stereocenters. The smallest absolute Gasteiger partial charge is 0.256 e. The largest absolute Gasteiger partial charge is 0.445 e. The van der Waals surface area contributed by atoms with Crippen molar-refractivity contribution >= 4 is 17.1 Å². The standard InChI is InChI=1S/C22H22N6O2/c1-14-25-20-16(7-10-24-21(20)27(14)2)22(29)28-11-8-18-17(13-28)26-19(30-18)6-5-15-4-3-9-23-12-15/h3-4,7,9-10,12H,5-6,8,11,13H2,1-2H3. The van der Waals surface area contributed by atoms with Gasteiger partial charge in [-0.15, -0.1) is 0 Å². The summed E-state index contributed by atoms with van der Waals surface area (Å²) in [6, 6.07) is 5.72. The number of carbonyl (C=O) groups excluding carboxylic acids is 1. The monoisotopic (exact) mass is 402 g/mol. The molecule has 30 heavy (non-hydrogen) atoms. The van der Waals surface area contributed by atoms with E-state index in [1.807, 2.05) is 41.8 Å². The summed E-state index contributed by atoms with van der Waals surface area (Å²) in [5.41, 5.74) is 3.93. The minimum Gasteiger partial charge on any atom is -0.445 e. The van der Waals surface area contributed by atoms with Crippen molar-refractivity contribution < 1.29 is 9.21 Å². The van der Waals surface area contributed by atoms with Gasteiger partial charge < -0.3 is 13.9 Å². The number of carbonyl (C=O) groups is 1. The van der Waals surface area contributed by atoms with E-state index in [1.54, 1.807) is 18.5 Å². The van der Waals surface area contributed by atoms with Gasteiger partial charge in [0.25, 0.3) is 5.91 Å². The molecule has 0 bridgehead atoms. The summed E-state index contributed by atoms with van der Waals surface area (Å²) in [4.78, 5) is 32.8. The third-order valence-corrected chi connectivity index (χ3v) is 5.62. The number of fused-ring (bicyclic) bond motifs is 2. The second-order valence-electron chi connectivity index (χ2n) is 7.56. The van der Waals surface area contributed by atoms with Crippen LogP contribution in [0.15, 0.2) is 41.2 Å². The molecule has 8 nitrogen and oxygen atoms in total. The van der Waals surface area contributed by atoms with E-state index in [9.17, 15) is 4.79 Å². The summed E-state index contributed by atoms with van der Waals surface area (Å²) in [5, 5.41) is 0. The van der Waals surface area contributed by atoms with Crippen LogP contribution in [0.2, 0.25) is 0 Å². The Balaban J connectivity index is 1.34. The fourth-order valence-corrected chi connectivity index (χ4v) is 3.86. The lowest BCUT2D eigenvalue weighted by atomic mass is 10.1. The zero-order valence-corrected chi connectivity index (χ0v) is 17.0. The average molecular weight is 402 g/mol. The molecule has 8 heteroatoms. The number of aryl methyl sites for hydroxylation is 4. The van der Waals surface area contributed by atoms with Gasteiger partial charge in [0.1, 0.15) is 22.8 Å². The van der Waals surface area contributed by atoms with Crippen LogP contribution in [0.25, 0.3) is 11.2 Å². The van der Waals surface area contributed by atoms with E-state index >= 15 is 0 Å². The molecule has 0 saturated heterocycles. The molecule has 152 valence electrons. The normalized spacial score (nSPS) is 13.6. The molecular weight excluding hydrogens is 380 g/mol. The molecule has 5 rings (SSSR count). The third kappa shape index (κ3) is 3.24. The molecule has 0 atom stereocenters. The van der Waals surface area contributed by atoms with Crippen LogP contribution < -0.4 is 0 Å². The molecule has 5 heterocycles. The van der Waals surface area contributed by atoms with Crippen molar-refractivity contribution in [3.8, 4) is 0 Å². The molecule has 4 aromatic rings. The van der Waals surface area contributed by atoms with Crippen LogP contribution >= 0.6 is 0 Å². The van der Waals surface area contributed by atoms with Gasteiger partial charge in [-0.3, -0.25) is 9.78 Å². The molecule has 1 amide bonds. The molecule has 0 fully saturated rings. The van der Waals surface area contributed by atoms with Gasteiger partial charge in [-0.25, -0.2) is 15.0 Å². The van der Waals surface area contributed by atoms with Gasteiger partial charge >= 0.3 is 0 Å². The predicted molar refractivity (Wildman–Crippen MR) is 110 cm³/mol.